The first-order chi connectivity index (χ1) is 9.12. The smallest absolute Gasteiger partial charge is 0.305 e. The van der Waals surface area contributed by atoms with Crippen LogP contribution in [0.3, 0.4) is 0 Å². The van der Waals surface area contributed by atoms with E-state index in [0.29, 0.717) is 32.5 Å². The van der Waals surface area contributed by atoms with E-state index in [1.165, 1.54) is 0 Å². The summed E-state index contributed by atoms with van der Waals surface area (Å²) in [5, 5.41) is 11.8. The molecule has 1 saturated heterocycles. The Bertz CT molecular complexity index is 357. The number of rotatable bonds is 5. The predicted octanol–water partition coefficient (Wildman–Crippen LogP) is 0.890. The van der Waals surface area contributed by atoms with Gasteiger partial charge >= 0.3 is 5.97 Å². The van der Waals surface area contributed by atoms with Gasteiger partial charge < -0.3 is 20.9 Å². The highest BCUT2D eigenvalue weighted by molar-refractivity contribution is 5.86. The van der Waals surface area contributed by atoms with Crippen molar-refractivity contribution in [3.8, 4) is 0 Å². The van der Waals surface area contributed by atoms with Gasteiger partial charge in [0.2, 0.25) is 5.91 Å². The average Bonchev–Trinajstić information content (AvgIpc) is 2.26. The highest BCUT2D eigenvalue weighted by atomic mass is 16.5. The quantitative estimate of drug-likeness (QED) is 0.696. The van der Waals surface area contributed by atoms with Gasteiger partial charge in [0, 0.05) is 19.3 Å². The lowest BCUT2D eigenvalue weighted by Gasteiger charge is -2.34. The van der Waals surface area contributed by atoms with E-state index in [2.05, 4.69) is 5.32 Å². The molecule has 116 valence electrons. The van der Waals surface area contributed by atoms with Crippen molar-refractivity contribution < 1.29 is 19.4 Å². The first kappa shape index (κ1) is 16.9. The van der Waals surface area contributed by atoms with Gasteiger partial charge in [-0.1, -0.05) is 20.8 Å². The van der Waals surface area contributed by atoms with Gasteiger partial charge in [0.15, 0.2) is 0 Å². The summed E-state index contributed by atoms with van der Waals surface area (Å²) >= 11 is 0. The summed E-state index contributed by atoms with van der Waals surface area (Å²) in [4.78, 5) is 23.2. The maximum atomic E-state index is 12.3. The topological polar surface area (TPSA) is 102 Å². The molecule has 1 amide bonds. The van der Waals surface area contributed by atoms with E-state index in [-0.39, 0.29) is 17.7 Å². The van der Waals surface area contributed by atoms with Gasteiger partial charge in [-0.15, -0.1) is 0 Å². The summed E-state index contributed by atoms with van der Waals surface area (Å²) in [6.45, 7) is 6.97. The van der Waals surface area contributed by atoms with Crippen LogP contribution < -0.4 is 11.1 Å². The molecule has 1 atom stereocenters. The Morgan fingerprint density at radius 3 is 2.35 bits per heavy atom. The van der Waals surface area contributed by atoms with Gasteiger partial charge in [-0.25, -0.2) is 0 Å². The predicted molar refractivity (Wildman–Crippen MR) is 75.2 cm³/mol. The van der Waals surface area contributed by atoms with Crippen molar-refractivity contribution >= 4 is 11.9 Å². The largest absolute Gasteiger partial charge is 0.481 e. The Kier molecular flexibility index (Phi) is 5.53. The number of carbonyl (C=O) groups excluding carboxylic acids is 1. The normalized spacial score (nSPS) is 20.2. The van der Waals surface area contributed by atoms with E-state index in [9.17, 15) is 9.59 Å². The van der Waals surface area contributed by atoms with Crippen LogP contribution in [-0.4, -0.2) is 41.8 Å². The van der Waals surface area contributed by atoms with E-state index < -0.39 is 17.6 Å². The van der Waals surface area contributed by atoms with Crippen LogP contribution in [0.25, 0.3) is 0 Å². The molecule has 1 rings (SSSR count). The molecule has 0 aliphatic carbocycles. The minimum atomic E-state index is -0.938. The number of nitrogens with one attached hydrogen (secondary N) is 1. The molecule has 1 heterocycles. The molecule has 0 aromatic heterocycles. The second-order valence-corrected chi connectivity index (χ2v) is 6.80. The summed E-state index contributed by atoms with van der Waals surface area (Å²) in [6, 6.07) is -0.400. The summed E-state index contributed by atoms with van der Waals surface area (Å²) in [5.74, 6) is -1.19. The van der Waals surface area contributed by atoms with E-state index in [1.54, 1.807) is 0 Å². The first-order valence-electron chi connectivity index (χ1n) is 7.02. The number of hydrogen-bond acceptors (Lipinski definition) is 4. The number of ether oxygens (including phenoxy) is 1. The average molecular weight is 286 g/mol. The fourth-order valence-electron chi connectivity index (χ4n) is 2.42. The summed E-state index contributed by atoms with van der Waals surface area (Å²) < 4.78 is 5.21. The van der Waals surface area contributed by atoms with Crippen LogP contribution in [0.5, 0.6) is 0 Å². The highest BCUT2D eigenvalue weighted by Gasteiger charge is 2.37. The third-order valence-electron chi connectivity index (χ3n) is 3.45. The molecular formula is C14H26N2O4. The number of aliphatic carboxylic acids is 1. The van der Waals surface area contributed by atoms with Gasteiger partial charge in [0.25, 0.3) is 0 Å². The molecular weight excluding hydrogens is 260 g/mol. The molecule has 0 saturated carbocycles. The molecule has 0 spiro atoms. The van der Waals surface area contributed by atoms with Gasteiger partial charge in [0.05, 0.1) is 12.0 Å². The minimum Gasteiger partial charge on any atom is -0.481 e. The van der Waals surface area contributed by atoms with E-state index >= 15 is 0 Å². The molecule has 4 N–H and O–H groups in total. The monoisotopic (exact) mass is 286 g/mol. The lowest BCUT2D eigenvalue weighted by molar-refractivity contribution is -0.138. The van der Waals surface area contributed by atoms with Gasteiger partial charge in [0.1, 0.15) is 0 Å². The Balaban J connectivity index is 2.67. The second-order valence-electron chi connectivity index (χ2n) is 6.80. The maximum absolute atomic E-state index is 12.3. The summed E-state index contributed by atoms with van der Waals surface area (Å²) in [6.07, 6.45) is 1.44. The lowest BCUT2D eigenvalue weighted by Crippen LogP contribution is -2.59. The third-order valence-corrected chi connectivity index (χ3v) is 3.45. The Morgan fingerprint density at radius 2 is 1.90 bits per heavy atom. The molecule has 0 aromatic rings. The van der Waals surface area contributed by atoms with Gasteiger partial charge in [-0.3, -0.25) is 9.59 Å². The van der Waals surface area contributed by atoms with Crippen LogP contribution in [0.2, 0.25) is 0 Å². The van der Waals surface area contributed by atoms with Crippen LogP contribution in [0.4, 0.5) is 0 Å². The fraction of sp³-hybridized carbons (Fsp3) is 0.857. The molecule has 20 heavy (non-hydrogen) atoms. The van der Waals surface area contributed by atoms with E-state index in [0.717, 1.165) is 0 Å². The zero-order chi connectivity index (χ0) is 15.4. The summed E-state index contributed by atoms with van der Waals surface area (Å²) in [7, 11) is 0. The Morgan fingerprint density at radius 1 is 1.35 bits per heavy atom. The molecule has 6 nitrogen and oxygen atoms in total. The zero-order valence-electron chi connectivity index (χ0n) is 12.6. The Labute approximate surface area is 120 Å². The molecule has 1 fully saturated rings. The summed E-state index contributed by atoms with van der Waals surface area (Å²) in [5.41, 5.74) is 5.10. The number of amides is 1. The van der Waals surface area contributed by atoms with Crippen LogP contribution in [0.15, 0.2) is 0 Å². The number of carboxylic acids is 1. The number of nitrogens with two attached hydrogens (primary N) is 1. The van der Waals surface area contributed by atoms with Crippen molar-refractivity contribution in [3.05, 3.63) is 0 Å². The van der Waals surface area contributed by atoms with E-state index in [4.69, 9.17) is 15.6 Å². The number of carbonyl (C=O) groups is 2. The maximum Gasteiger partial charge on any atom is 0.305 e. The van der Waals surface area contributed by atoms with Crippen molar-refractivity contribution in [3.63, 3.8) is 0 Å². The van der Waals surface area contributed by atoms with Crippen molar-refractivity contribution in [1.82, 2.24) is 5.32 Å². The molecule has 0 aromatic carbocycles. The van der Waals surface area contributed by atoms with Gasteiger partial charge in [-0.2, -0.15) is 0 Å². The SMILES string of the molecule is CC(C)(C)CC(CC(=O)O)NC(=O)C1(N)CCOCC1. The first-order valence-corrected chi connectivity index (χ1v) is 7.02. The van der Waals surface area contributed by atoms with Crippen LogP contribution in [0, 0.1) is 5.41 Å². The van der Waals surface area contributed by atoms with Crippen molar-refractivity contribution in [1.29, 1.82) is 0 Å². The standard InChI is InChI=1S/C14H26N2O4/c1-13(2,3)9-10(8-11(17)18)16-12(19)14(15)4-6-20-7-5-14/h10H,4-9,15H2,1-3H3,(H,16,19)(H,17,18). The second kappa shape index (κ2) is 6.54. The van der Waals surface area contributed by atoms with Crippen molar-refractivity contribution in [2.24, 2.45) is 11.1 Å². The Hall–Kier alpha value is -1.14. The molecule has 0 radical (unpaired) electrons. The lowest BCUT2D eigenvalue weighted by atomic mass is 9.85. The van der Waals surface area contributed by atoms with Crippen molar-refractivity contribution in [2.45, 2.75) is 58.0 Å². The van der Waals surface area contributed by atoms with Crippen LogP contribution >= 0.6 is 0 Å². The van der Waals surface area contributed by atoms with Crippen LogP contribution in [-0.2, 0) is 14.3 Å². The highest BCUT2D eigenvalue weighted by Crippen LogP contribution is 2.24. The molecule has 1 aliphatic heterocycles. The zero-order valence-corrected chi connectivity index (χ0v) is 12.6. The molecule has 1 aliphatic rings. The fourth-order valence-corrected chi connectivity index (χ4v) is 2.42. The molecule has 1 unspecified atom stereocenters. The van der Waals surface area contributed by atoms with Crippen LogP contribution in [0.1, 0.15) is 46.5 Å². The molecule has 0 bridgehead atoms. The number of carboxylic acid groups (broad SMARTS) is 1. The van der Waals surface area contributed by atoms with Crippen molar-refractivity contribution in [2.75, 3.05) is 13.2 Å². The van der Waals surface area contributed by atoms with E-state index in [1.807, 2.05) is 20.8 Å². The minimum absolute atomic E-state index is 0.0646. The number of hydrogen-bond donors (Lipinski definition) is 3. The van der Waals surface area contributed by atoms with Gasteiger partial charge in [-0.05, 0) is 24.7 Å². The third kappa shape index (κ3) is 5.46. The molecule has 6 heteroatoms.